The Labute approximate surface area is 168 Å². The normalized spacial score (nSPS) is 12.4. The Hall–Kier alpha value is -2.43. The molecule has 1 aromatic carbocycles. The van der Waals surface area contributed by atoms with Crippen LogP contribution < -0.4 is 0 Å². The molecule has 0 N–H and O–H groups in total. The van der Waals surface area contributed by atoms with E-state index in [9.17, 15) is 9.59 Å². The number of nitrogens with zero attached hydrogens (tertiary/aromatic N) is 2. The van der Waals surface area contributed by atoms with Gasteiger partial charge in [-0.15, -0.1) is 0 Å². The van der Waals surface area contributed by atoms with E-state index < -0.39 is 0 Å². The minimum Gasteiger partial charge on any atom is -0.461 e. The topological polar surface area (TPSA) is 61.2 Å². The van der Waals surface area contributed by atoms with Crippen LogP contribution in [-0.4, -0.2) is 21.4 Å². The largest absolute Gasteiger partial charge is 0.461 e. The zero-order valence-corrected chi connectivity index (χ0v) is 17.9. The fourth-order valence-electron chi connectivity index (χ4n) is 3.19. The van der Waals surface area contributed by atoms with Crippen LogP contribution in [0.5, 0.6) is 0 Å². The van der Waals surface area contributed by atoms with E-state index >= 15 is 0 Å². The number of hydrogen-bond acceptors (Lipinski definition) is 4. The molecular formula is C23H32N2O3. The van der Waals surface area contributed by atoms with Gasteiger partial charge >= 0.3 is 5.97 Å². The lowest BCUT2D eigenvalue weighted by atomic mass is 9.91. The second-order valence-electron chi connectivity index (χ2n) is 8.31. The van der Waals surface area contributed by atoms with Gasteiger partial charge in [-0.25, -0.2) is 4.98 Å². The molecule has 2 aromatic rings. The van der Waals surface area contributed by atoms with Gasteiger partial charge in [0.15, 0.2) is 0 Å². The maximum atomic E-state index is 12.2. The van der Waals surface area contributed by atoms with Crippen molar-refractivity contribution in [2.75, 3.05) is 0 Å². The zero-order valence-electron chi connectivity index (χ0n) is 17.9. The lowest BCUT2D eigenvalue weighted by Crippen LogP contribution is -2.11. The number of carbonyl (C=O) groups is 2. The molecule has 5 heteroatoms. The summed E-state index contributed by atoms with van der Waals surface area (Å²) < 4.78 is 7.01. The molecule has 0 fully saturated rings. The van der Waals surface area contributed by atoms with Crippen molar-refractivity contribution in [1.82, 2.24) is 9.55 Å². The van der Waals surface area contributed by atoms with E-state index in [0.29, 0.717) is 18.8 Å². The summed E-state index contributed by atoms with van der Waals surface area (Å²) >= 11 is 0. The molecule has 0 radical (unpaired) electrons. The summed E-state index contributed by atoms with van der Waals surface area (Å²) in [6.45, 7) is 12.5. The third kappa shape index (κ3) is 5.78. The zero-order chi connectivity index (χ0) is 20.8. The average Bonchev–Trinajstić information content (AvgIpc) is 3.09. The van der Waals surface area contributed by atoms with E-state index in [4.69, 9.17) is 4.74 Å². The number of carbonyl (C=O) groups excluding carboxylic acids is 2. The Morgan fingerprint density at radius 3 is 2.39 bits per heavy atom. The van der Waals surface area contributed by atoms with Gasteiger partial charge in [0.1, 0.15) is 12.9 Å². The van der Waals surface area contributed by atoms with Crippen molar-refractivity contribution < 1.29 is 14.3 Å². The van der Waals surface area contributed by atoms with Crippen LogP contribution >= 0.6 is 0 Å². The first-order chi connectivity index (χ1) is 13.2. The molecule has 1 aromatic heterocycles. The first-order valence-corrected chi connectivity index (χ1v) is 10.00. The first-order valence-electron chi connectivity index (χ1n) is 10.00. The van der Waals surface area contributed by atoms with E-state index in [0.717, 1.165) is 22.4 Å². The predicted molar refractivity (Wildman–Crippen MR) is 110 cm³/mol. The van der Waals surface area contributed by atoms with Gasteiger partial charge < -0.3 is 4.74 Å². The van der Waals surface area contributed by atoms with Crippen molar-refractivity contribution >= 4 is 11.9 Å². The van der Waals surface area contributed by atoms with Crippen LogP contribution in [0.3, 0.4) is 0 Å². The molecule has 28 heavy (non-hydrogen) atoms. The summed E-state index contributed by atoms with van der Waals surface area (Å²) in [5, 5.41) is 0. The Kier molecular flexibility index (Phi) is 7.55. The van der Waals surface area contributed by atoms with Crippen molar-refractivity contribution in [3.05, 3.63) is 53.1 Å². The van der Waals surface area contributed by atoms with E-state index in [2.05, 4.69) is 18.0 Å². The summed E-state index contributed by atoms with van der Waals surface area (Å²) in [5.74, 6) is 0.528. The smallest absolute Gasteiger partial charge is 0.306 e. The van der Waals surface area contributed by atoms with Gasteiger partial charge in [-0.05, 0) is 35.4 Å². The van der Waals surface area contributed by atoms with Crippen LogP contribution in [0.15, 0.2) is 30.7 Å². The van der Waals surface area contributed by atoms with Gasteiger partial charge in [0, 0.05) is 25.0 Å². The van der Waals surface area contributed by atoms with Crippen LogP contribution in [0.25, 0.3) is 0 Å². The van der Waals surface area contributed by atoms with Crippen molar-refractivity contribution in [1.29, 1.82) is 0 Å². The number of hydrogen-bond donors (Lipinski definition) is 0. The Morgan fingerprint density at radius 2 is 1.75 bits per heavy atom. The molecule has 0 unspecified atom stereocenters. The molecular weight excluding hydrogens is 352 g/mol. The lowest BCUT2D eigenvalue weighted by molar-refractivity contribution is -0.145. The fourth-order valence-corrected chi connectivity index (χ4v) is 3.19. The molecule has 0 aliphatic heterocycles. The van der Waals surface area contributed by atoms with Crippen molar-refractivity contribution in [2.24, 2.45) is 11.8 Å². The highest BCUT2D eigenvalue weighted by Gasteiger charge is 2.18. The quantitative estimate of drug-likeness (QED) is 0.593. The lowest BCUT2D eigenvalue weighted by Gasteiger charge is -2.16. The molecule has 0 aliphatic carbocycles. The van der Waals surface area contributed by atoms with Gasteiger partial charge in [-0.3, -0.25) is 14.2 Å². The fraction of sp³-hybridized carbons (Fsp3) is 0.522. The molecule has 1 atom stereocenters. The van der Waals surface area contributed by atoms with E-state index in [1.165, 1.54) is 0 Å². The van der Waals surface area contributed by atoms with E-state index in [1.54, 1.807) is 10.9 Å². The minimum atomic E-state index is -0.171. The summed E-state index contributed by atoms with van der Waals surface area (Å²) in [7, 11) is 0. The molecule has 152 valence electrons. The number of imidazole rings is 1. The third-order valence-electron chi connectivity index (χ3n) is 4.84. The van der Waals surface area contributed by atoms with Crippen LogP contribution in [0.1, 0.15) is 80.6 Å². The van der Waals surface area contributed by atoms with Crippen LogP contribution in [0.4, 0.5) is 0 Å². The molecule has 0 bridgehead atoms. The standard InChI is InChI=1S/C23H32N2O3/c1-15(2)10-22(26)25-12-21(24-14-25)18(6)20-9-7-8-19(17(20)5)13-28-23(27)11-16(3)4/h7-9,12,14-16,18H,10-11,13H2,1-6H3/t18-/m0/s1. The summed E-state index contributed by atoms with van der Waals surface area (Å²) in [6, 6.07) is 6.03. The van der Waals surface area contributed by atoms with Crippen molar-refractivity contribution in [3.63, 3.8) is 0 Å². The number of benzene rings is 1. The van der Waals surface area contributed by atoms with Gasteiger partial charge in [0.25, 0.3) is 0 Å². The van der Waals surface area contributed by atoms with Gasteiger partial charge in [0.05, 0.1) is 5.69 Å². The average molecular weight is 385 g/mol. The molecule has 5 nitrogen and oxygen atoms in total. The van der Waals surface area contributed by atoms with Gasteiger partial charge in [0.2, 0.25) is 5.91 Å². The number of esters is 1. The second kappa shape index (κ2) is 9.67. The second-order valence-corrected chi connectivity index (χ2v) is 8.31. The maximum Gasteiger partial charge on any atom is 0.306 e. The number of ether oxygens (including phenoxy) is 1. The van der Waals surface area contributed by atoms with Crippen LogP contribution in [-0.2, 0) is 16.1 Å². The Bertz CT molecular complexity index is 821. The SMILES string of the molecule is Cc1c(COC(=O)CC(C)C)cccc1[C@H](C)c1cn(C(=O)CC(C)C)cn1. The number of rotatable bonds is 8. The third-order valence-corrected chi connectivity index (χ3v) is 4.84. The summed E-state index contributed by atoms with van der Waals surface area (Å²) in [6.07, 6.45) is 4.35. The van der Waals surface area contributed by atoms with Crippen LogP contribution in [0, 0.1) is 18.8 Å². The van der Waals surface area contributed by atoms with E-state index in [-0.39, 0.29) is 30.3 Å². The van der Waals surface area contributed by atoms with Gasteiger partial charge in [-0.2, -0.15) is 0 Å². The predicted octanol–water partition coefficient (Wildman–Crippen LogP) is 5.12. The van der Waals surface area contributed by atoms with Crippen molar-refractivity contribution in [3.8, 4) is 0 Å². The molecule has 0 saturated carbocycles. The molecule has 0 aliphatic rings. The Morgan fingerprint density at radius 1 is 1.07 bits per heavy atom. The first kappa shape index (κ1) is 21.9. The minimum absolute atomic E-state index is 0.0411. The monoisotopic (exact) mass is 384 g/mol. The molecule has 0 saturated heterocycles. The molecule has 0 amide bonds. The highest BCUT2D eigenvalue weighted by Crippen LogP contribution is 2.28. The molecule has 0 spiro atoms. The summed E-state index contributed by atoms with van der Waals surface area (Å²) in [4.78, 5) is 28.6. The Balaban J connectivity index is 2.14. The molecule has 1 heterocycles. The highest BCUT2D eigenvalue weighted by molar-refractivity contribution is 5.79. The van der Waals surface area contributed by atoms with Crippen molar-refractivity contribution in [2.45, 2.75) is 66.9 Å². The van der Waals surface area contributed by atoms with Crippen LogP contribution in [0.2, 0.25) is 0 Å². The highest BCUT2D eigenvalue weighted by atomic mass is 16.5. The van der Waals surface area contributed by atoms with Gasteiger partial charge in [-0.1, -0.05) is 52.8 Å². The molecule has 2 rings (SSSR count). The number of aromatic nitrogens is 2. The summed E-state index contributed by atoms with van der Waals surface area (Å²) in [5.41, 5.74) is 4.07. The van der Waals surface area contributed by atoms with E-state index in [1.807, 2.05) is 52.9 Å². The maximum absolute atomic E-state index is 12.2.